The second-order valence-electron chi connectivity index (χ2n) is 6.36. The largest absolute Gasteiger partial charge is 0.370 e. The van der Waals surface area contributed by atoms with E-state index in [1.165, 1.54) is 11.3 Å². The number of anilines is 2. The monoisotopic (exact) mass is 386 g/mol. The number of amides is 3. The van der Waals surface area contributed by atoms with Crippen molar-refractivity contribution in [2.24, 2.45) is 5.73 Å². The molecular weight excluding hydrogens is 364 g/mol. The lowest BCUT2D eigenvalue weighted by atomic mass is 10.1. The Balaban J connectivity index is 1.62. The molecule has 3 amide bonds. The van der Waals surface area contributed by atoms with E-state index in [0.29, 0.717) is 16.8 Å². The predicted molar refractivity (Wildman–Crippen MR) is 106 cm³/mol. The van der Waals surface area contributed by atoms with Crippen LogP contribution in [0.2, 0.25) is 0 Å². The van der Waals surface area contributed by atoms with Crippen molar-refractivity contribution in [2.75, 3.05) is 29.9 Å². The molecule has 8 heteroatoms. The normalized spacial score (nSPS) is 13.4. The average Bonchev–Trinajstić information content (AvgIpc) is 3.35. The van der Waals surface area contributed by atoms with Gasteiger partial charge in [0, 0.05) is 42.6 Å². The van der Waals surface area contributed by atoms with Crippen molar-refractivity contribution in [2.45, 2.75) is 19.3 Å². The first-order valence-corrected chi connectivity index (χ1v) is 9.78. The number of benzene rings is 1. The van der Waals surface area contributed by atoms with Crippen molar-refractivity contribution in [1.29, 1.82) is 0 Å². The zero-order valence-electron chi connectivity index (χ0n) is 14.9. The lowest BCUT2D eigenvalue weighted by Gasteiger charge is -2.22. The third-order valence-electron chi connectivity index (χ3n) is 4.42. The zero-order chi connectivity index (χ0) is 19.2. The molecule has 27 heavy (non-hydrogen) atoms. The van der Waals surface area contributed by atoms with E-state index in [-0.39, 0.29) is 24.8 Å². The molecule has 0 unspecified atom stereocenters. The molecule has 3 rings (SSSR count). The van der Waals surface area contributed by atoms with Gasteiger partial charge in [0.1, 0.15) is 0 Å². The SMILES string of the molecule is NC(=O)c1ccc(N2CCCC2)c(NC(=O)CCNC(=O)c2ccsc2)c1. The van der Waals surface area contributed by atoms with Crippen LogP contribution in [-0.2, 0) is 4.79 Å². The summed E-state index contributed by atoms with van der Waals surface area (Å²) in [5.41, 5.74) is 7.75. The van der Waals surface area contributed by atoms with Gasteiger partial charge in [-0.25, -0.2) is 0 Å². The number of nitrogens with two attached hydrogens (primary N) is 1. The topological polar surface area (TPSA) is 105 Å². The molecule has 1 aromatic carbocycles. The van der Waals surface area contributed by atoms with Crippen LogP contribution in [0, 0.1) is 0 Å². The summed E-state index contributed by atoms with van der Waals surface area (Å²) in [6, 6.07) is 6.83. The number of carbonyl (C=O) groups is 3. The quantitative estimate of drug-likeness (QED) is 0.678. The number of rotatable bonds is 7. The Kier molecular flexibility index (Phi) is 6.08. The molecule has 4 N–H and O–H groups in total. The molecule has 1 aliphatic heterocycles. The van der Waals surface area contributed by atoms with Gasteiger partial charge in [-0.2, -0.15) is 11.3 Å². The van der Waals surface area contributed by atoms with Gasteiger partial charge in [0.25, 0.3) is 5.91 Å². The van der Waals surface area contributed by atoms with Gasteiger partial charge in [-0.1, -0.05) is 0 Å². The summed E-state index contributed by atoms with van der Waals surface area (Å²) in [6.45, 7) is 2.06. The van der Waals surface area contributed by atoms with Crippen LogP contribution in [0.25, 0.3) is 0 Å². The zero-order valence-corrected chi connectivity index (χ0v) is 15.7. The van der Waals surface area contributed by atoms with Crippen LogP contribution in [-0.4, -0.2) is 37.4 Å². The van der Waals surface area contributed by atoms with E-state index >= 15 is 0 Å². The Hall–Kier alpha value is -2.87. The summed E-state index contributed by atoms with van der Waals surface area (Å²) in [4.78, 5) is 37.9. The Morgan fingerprint density at radius 2 is 1.89 bits per heavy atom. The van der Waals surface area contributed by atoms with E-state index in [1.807, 2.05) is 11.4 Å². The van der Waals surface area contributed by atoms with Crippen LogP contribution < -0.4 is 21.3 Å². The number of carbonyl (C=O) groups excluding carboxylic acids is 3. The number of primary amides is 1. The average molecular weight is 386 g/mol. The Morgan fingerprint density at radius 3 is 2.56 bits per heavy atom. The summed E-state index contributed by atoms with van der Waals surface area (Å²) in [6.07, 6.45) is 2.33. The Labute approximate surface area is 161 Å². The van der Waals surface area contributed by atoms with Crippen LogP contribution in [0.5, 0.6) is 0 Å². The highest BCUT2D eigenvalue weighted by Crippen LogP contribution is 2.30. The molecule has 0 spiro atoms. The second-order valence-corrected chi connectivity index (χ2v) is 7.14. The minimum absolute atomic E-state index is 0.135. The maximum absolute atomic E-state index is 12.3. The summed E-state index contributed by atoms with van der Waals surface area (Å²) >= 11 is 1.44. The van der Waals surface area contributed by atoms with E-state index in [9.17, 15) is 14.4 Å². The van der Waals surface area contributed by atoms with Crippen molar-refractivity contribution in [1.82, 2.24) is 5.32 Å². The van der Waals surface area contributed by atoms with E-state index in [1.54, 1.807) is 23.6 Å². The highest BCUT2D eigenvalue weighted by Gasteiger charge is 2.18. The molecule has 2 aromatic rings. The maximum Gasteiger partial charge on any atom is 0.252 e. The molecule has 0 radical (unpaired) electrons. The Bertz CT molecular complexity index is 829. The van der Waals surface area contributed by atoms with Crippen molar-refractivity contribution >= 4 is 40.4 Å². The fourth-order valence-electron chi connectivity index (χ4n) is 3.02. The van der Waals surface area contributed by atoms with Gasteiger partial charge in [-0.05, 0) is 42.5 Å². The molecular formula is C19H22N4O3S. The van der Waals surface area contributed by atoms with Crippen molar-refractivity contribution in [3.63, 3.8) is 0 Å². The summed E-state index contributed by atoms with van der Waals surface area (Å²) in [7, 11) is 0. The molecule has 1 saturated heterocycles. The lowest BCUT2D eigenvalue weighted by Crippen LogP contribution is -2.28. The van der Waals surface area contributed by atoms with Crippen LogP contribution >= 0.6 is 11.3 Å². The lowest BCUT2D eigenvalue weighted by molar-refractivity contribution is -0.116. The second kappa shape index (κ2) is 8.68. The molecule has 7 nitrogen and oxygen atoms in total. The van der Waals surface area contributed by atoms with Crippen LogP contribution in [0.15, 0.2) is 35.0 Å². The number of nitrogens with one attached hydrogen (secondary N) is 2. The first-order chi connectivity index (χ1) is 13.0. The molecule has 2 heterocycles. The molecule has 0 saturated carbocycles. The first kappa shape index (κ1) is 18.9. The van der Waals surface area contributed by atoms with E-state index in [0.717, 1.165) is 31.6 Å². The van der Waals surface area contributed by atoms with Crippen LogP contribution in [0.1, 0.15) is 40.0 Å². The minimum atomic E-state index is -0.540. The van der Waals surface area contributed by atoms with Gasteiger partial charge >= 0.3 is 0 Å². The van der Waals surface area contributed by atoms with Gasteiger partial charge in [-0.3, -0.25) is 14.4 Å². The molecule has 0 bridgehead atoms. The molecule has 1 fully saturated rings. The number of hydrogen-bond acceptors (Lipinski definition) is 5. The number of hydrogen-bond donors (Lipinski definition) is 3. The maximum atomic E-state index is 12.3. The van der Waals surface area contributed by atoms with Gasteiger partial charge in [-0.15, -0.1) is 0 Å². The van der Waals surface area contributed by atoms with Crippen molar-refractivity contribution < 1.29 is 14.4 Å². The number of nitrogens with zero attached hydrogens (tertiary/aromatic N) is 1. The van der Waals surface area contributed by atoms with Gasteiger partial charge in [0.15, 0.2) is 0 Å². The highest BCUT2D eigenvalue weighted by molar-refractivity contribution is 7.08. The fourth-order valence-corrected chi connectivity index (χ4v) is 3.66. The summed E-state index contributed by atoms with van der Waals surface area (Å²) in [5, 5.41) is 9.16. The molecule has 1 aliphatic rings. The molecule has 0 aliphatic carbocycles. The molecule has 1 aromatic heterocycles. The highest BCUT2D eigenvalue weighted by atomic mass is 32.1. The number of thiophene rings is 1. The Morgan fingerprint density at radius 1 is 1.11 bits per heavy atom. The van der Waals surface area contributed by atoms with Gasteiger partial charge in [0.05, 0.1) is 11.4 Å². The van der Waals surface area contributed by atoms with Gasteiger partial charge in [0.2, 0.25) is 11.8 Å². The third kappa shape index (κ3) is 4.85. The summed E-state index contributed by atoms with van der Waals surface area (Å²) < 4.78 is 0. The molecule has 0 atom stereocenters. The predicted octanol–water partition coefficient (Wildman–Crippen LogP) is 2.21. The minimum Gasteiger partial charge on any atom is -0.370 e. The van der Waals surface area contributed by atoms with E-state index in [2.05, 4.69) is 15.5 Å². The standard InChI is InChI=1S/C19H22N4O3S/c20-18(25)13-3-4-16(23-8-1-2-9-23)15(11-13)22-17(24)5-7-21-19(26)14-6-10-27-12-14/h3-4,6,10-12H,1-2,5,7-9H2,(H2,20,25)(H,21,26)(H,22,24). The first-order valence-electron chi connectivity index (χ1n) is 8.83. The van der Waals surface area contributed by atoms with E-state index in [4.69, 9.17) is 5.73 Å². The third-order valence-corrected chi connectivity index (χ3v) is 5.11. The van der Waals surface area contributed by atoms with Crippen molar-refractivity contribution in [3.05, 3.63) is 46.2 Å². The van der Waals surface area contributed by atoms with Gasteiger partial charge < -0.3 is 21.3 Å². The van der Waals surface area contributed by atoms with Crippen molar-refractivity contribution in [3.8, 4) is 0 Å². The summed E-state index contributed by atoms with van der Waals surface area (Å²) in [5.74, 6) is -0.971. The van der Waals surface area contributed by atoms with Crippen LogP contribution in [0.3, 0.4) is 0 Å². The van der Waals surface area contributed by atoms with Crippen LogP contribution in [0.4, 0.5) is 11.4 Å². The molecule has 142 valence electrons. The fraction of sp³-hybridized carbons (Fsp3) is 0.316. The van der Waals surface area contributed by atoms with E-state index < -0.39 is 5.91 Å². The smallest absolute Gasteiger partial charge is 0.252 e.